The number of benzene rings is 1. The van der Waals surface area contributed by atoms with Crippen molar-refractivity contribution in [2.45, 2.75) is 0 Å². The third kappa shape index (κ3) is 2.07. The van der Waals surface area contributed by atoms with Crippen LogP contribution >= 0.6 is 0 Å². The van der Waals surface area contributed by atoms with Crippen LogP contribution in [0.2, 0.25) is 0 Å². The third-order valence-electron chi connectivity index (χ3n) is 2.20. The molecule has 1 aromatic rings. The Bertz CT molecular complexity index is 510. The first-order valence-corrected chi connectivity index (χ1v) is 4.72. The molecule has 17 heavy (non-hydrogen) atoms. The second-order valence-corrected chi connectivity index (χ2v) is 3.26. The summed E-state index contributed by atoms with van der Waals surface area (Å²) in [5.74, 6) is -1.49. The Kier molecular flexibility index (Phi) is 2.73. The molecule has 0 fully saturated rings. The van der Waals surface area contributed by atoms with Gasteiger partial charge in [-0.15, -0.1) is 0 Å². The quantitative estimate of drug-likeness (QED) is 0.409. The molecule has 88 valence electrons. The van der Waals surface area contributed by atoms with Gasteiger partial charge in [0.1, 0.15) is 18.8 Å². The van der Waals surface area contributed by atoms with Gasteiger partial charge in [-0.2, -0.15) is 0 Å². The molecule has 2 heterocycles. The first kappa shape index (κ1) is 11.1. The van der Waals surface area contributed by atoms with E-state index in [1.165, 1.54) is 12.1 Å². The van der Waals surface area contributed by atoms with Gasteiger partial charge in [0.2, 0.25) is 0 Å². The van der Waals surface area contributed by atoms with Crippen LogP contribution in [0.5, 0.6) is 0 Å². The van der Waals surface area contributed by atoms with E-state index in [-0.39, 0.29) is 24.3 Å². The summed E-state index contributed by atoms with van der Waals surface area (Å²) in [6.07, 6.45) is 0. The maximum absolute atomic E-state index is 11.5. The van der Waals surface area contributed by atoms with Gasteiger partial charge in [-0.3, -0.25) is 10.1 Å². The van der Waals surface area contributed by atoms with Crippen molar-refractivity contribution in [3.05, 3.63) is 39.4 Å². The van der Waals surface area contributed by atoms with Crippen LogP contribution in [0.3, 0.4) is 0 Å². The second kappa shape index (κ2) is 4.20. The summed E-state index contributed by atoms with van der Waals surface area (Å²) in [6, 6.07) is 3.48. The van der Waals surface area contributed by atoms with Gasteiger partial charge in [0.05, 0.1) is 10.5 Å². The van der Waals surface area contributed by atoms with Gasteiger partial charge < -0.3 is 9.47 Å². The number of nitrogens with zero attached hydrogens (tertiary/aromatic N) is 1. The minimum atomic E-state index is -0.804. The molecular weight excluding hydrogens is 230 g/mol. The van der Waals surface area contributed by atoms with Crippen molar-refractivity contribution in [1.82, 2.24) is 0 Å². The molecule has 0 saturated heterocycles. The number of nitro groups is 1. The van der Waals surface area contributed by atoms with Gasteiger partial charge in [0.25, 0.3) is 5.69 Å². The summed E-state index contributed by atoms with van der Waals surface area (Å²) in [7, 11) is 0. The summed E-state index contributed by atoms with van der Waals surface area (Å²) in [5.41, 5.74) is -0.602. The maximum Gasteiger partial charge on any atom is 0.345 e. The molecule has 2 bridgehead atoms. The third-order valence-corrected chi connectivity index (χ3v) is 2.20. The lowest BCUT2D eigenvalue weighted by Crippen LogP contribution is -2.18. The first-order chi connectivity index (χ1) is 8.09. The maximum atomic E-state index is 11.5. The Hall–Kier alpha value is -2.44. The molecule has 0 N–H and O–H groups in total. The number of carbonyl (C=O) groups excluding carboxylic acids is 2. The van der Waals surface area contributed by atoms with Crippen LogP contribution in [0.15, 0.2) is 18.2 Å². The zero-order chi connectivity index (χ0) is 12.4. The van der Waals surface area contributed by atoms with Crippen LogP contribution in [0.4, 0.5) is 5.69 Å². The summed E-state index contributed by atoms with van der Waals surface area (Å²) in [5, 5.41) is 10.8. The number of carbonyl (C=O) groups is 2. The van der Waals surface area contributed by atoms with Crippen LogP contribution in [0.25, 0.3) is 0 Å². The van der Waals surface area contributed by atoms with Crippen LogP contribution in [-0.2, 0) is 9.47 Å². The number of hydrogen-bond acceptors (Lipinski definition) is 6. The van der Waals surface area contributed by atoms with E-state index in [2.05, 4.69) is 0 Å². The molecule has 1 aromatic carbocycles. The molecule has 0 atom stereocenters. The molecule has 0 spiro atoms. The number of fused-ring (bicyclic) bond motifs is 7. The monoisotopic (exact) mass is 237 g/mol. The number of esters is 2. The molecule has 0 aliphatic carbocycles. The van der Waals surface area contributed by atoms with Crippen LogP contribution in [-0.4, -0.2) is 30.1 Å². The molecule has 0 unspecified atom stereocenters. The highest BCUT2D eigenvalue weighted by Gasteiger charge is 2.25. The topological polar surface area (TPSA) is 95.7 Å². The smallest absolute Gasteiger partial charge is 0.345 e. The summed E-state index contributed by atoms with van der Waals surface area (Å²) in [6.45, 7) is -0.197. The van der Waals surface area contributed by atoms with Gasteiger partial charge in [-0.25, -0.2) is 9.59 Å². The molecule has 7 nitrogen and oxygen atoms in total. The van der Waals surface area contributed by atoms with E-state index in [1.54, 1.807) is 0 Å². The molecule has 0 radical (unpaired) electrons. The zero-order valence-electron chi connectivity index (χ0n) is 8.54. The van der Waals surface area contributed by atoms with Gasteiger partial charge in [0.15, 0.2) is 0 Å². The lowest BCUT2D eigenvalue weighted by Gasteiger charge is -2.10. The lowest BCUT2D eigenvalue weighted by molar-refractivity contribution is -0.385. The minimum absolute atomic E-state index is 0.0372. The number of hydrogen-bond donors (Lipinski definition) is 0. The highest BCUT2D eigenvalue weighted by molar-refractivity contribution is 5.97. The van der Waals surface area contributed by atoms with Crippen molar-refractivity contribution < 1.29 is 24.0 Å². The Morgan fingerprint density at radius 1 is 1.12 bits per heavy atom. The van der Waals surface area contributed by atoms with E-state index >= 15 is 0 Å². The second-order valence-electron chi connectivity index (χ2n) is 3.26. The summed E-state index contributed by atoms with van der Waals surface area (Å²) in [4.78, 5) is 32.9. The normalized spacial score (nSPS) is 15.1. The van der Waals surface area contributed by atoms with Gasteiger partial charge >= 0.3 is 11.9 Å². The van der Waals surface area contributed by atoms with E-state index in [1.807, 2.05) is 0 Å². The van der Waals surface area contributed by atoms with Crippen molar-refractivity contribution in [3.63, 3.8) is 0 Å². The fraction of sp³-hybridized carbons (Fsp3) is 0.200. The largest absolute Gasteiger partial charge is 0.458 e. The van der Waals surface area contributed by atoms with E-state index in [9.17, 15) is 19.7 Å². The van der Waals surface area contributed by atoms with Gasteiger partial charge in [0, 0.05) is 6.07 Å². The van der Waals surface area contributed by atoms with E-state index in [0.717, 1.165) is 6.07 Å². The summed E-state index contributed by atoms with van der Waals surface area (Å²) < 4.78 is 9.46. The van der Waals surface area contributed by atoms with Crippen LogP contribution in [0, 0.1) is 10.1 Å². The fourth-order valence-corrected chi connectivity index (χ4v) is 1.41. The molecule has 3 rings (SSSR count). The minimum Gasteiger partial charge on any atom is -0.458 e. The Morgan fingerprint density at radius 2 is 1.76 bits per heavy atom. The average molecular weight is 237 g/mol. The van der Waals surface area contributed by atoms with E-state index in [0.29, 0.717) is 0 Å². The van der Waals surface area contributed by atoms with E-state index in [4.69, 9.17) is 9.47 Å². The fourth-order valence-electron chi connectivity index (χ4n) is 1.41. The first-order valence-electron chi connectivity index (χ1n) is 4.72. The van der Waals surface area contributed by atoms with Crippen molar-refractivity contribution >= 4 is 17.6 Å². The van der Waals surface area contributed by atoms with Gasteiger partial charge in [-0.1, -0.05) is 0 Å². The molecule has 2 aliphatic heterocycles. The molecule has 2 aliphatic rings. The van der Waals surface area contributed by atoms with Crippen LogP contribution in [0.1, 0.15) is 20.7 Å². The zero-order valence-corrected chi connectivity index (χ0v) is 8.54. The highest BCUT2D eigenvalue weighted by Crippen LogP contribution is 2.22. The molecule has 0 aromatic heterocycles. The predicted molar refractivity (Wildman–Crippen MR) is 53.7 cm³/mol. The lowest BCUT2D eigenvalue weighted by atomic mass is 10.1. The Labute approximate surface area is 95.1 Å². The van der Waals surface area contributed by atoms with Crippen molar-refractivity contribution in [2.75, 3.05) is 13.2 Å². The molecular formula is C10H7NO6. The molecule has 7 heteroatoms. The average Bonchev–Trinajstić information content (AvgIpc) is 2.32. The SMILES string of the molecule is O=C1OCCOC(=O)c2ccc1cc2[N+](=O)[O-]. The Balaban J connectivity index is 2.58. The molecule has 0 amide bonds. The number of rotatable bonds is 1. The predicted octanol–water partition coefficient (Wildman–Crippen LogP) is 0.922. The van der Waals surface area contributed by atoms with E-state index < -0.39 is 22.5 Å². The number of nitro benzene ring substituents is 1. The van der Waals surface area contributed by atoms with Crippen molar-refractivity contribution in [3.8, 4) is 0 Å². The number of ether oxygens (including phenoxy) is 2. The highest BCUT2D eigenvalue weighted by atomic mass is 16.6. The summed E-state index contributed by atoms with van der Waals surface area (Å²) >= 11 is 0. The Morgan fingerprint density at radius 3 is 2.41 bits per heavy atom. The van der Waals surface area contributed by atoms with Crippen LogP contribution < -0.4 is 0 Å². The standard InChI is InChI=1S/C10H7NO6/c12-9-6-1-2-7(8(5-6)11(14)15)10(13)17-4-3-16-9/h1-2,5H,3-4H2. The van der Waals surface area contributed by atoms with Crippen molar-refractivity contribution in [1.29, 1.82) is 0 Å². The van der Waals surface area contributed by atoms with Crippen molar-refractivity contribution in [2.24, 2.45) is 0 Å². The molecule has 0 saturated carbocycles. The van der Waals surface area contributed by atoms with Gasteiger partial charge in [-0.05, 0) is 12.1 Å².